The standard InChI is InChI=1S/C19H18Cl4N2O2/c1-2-13(25-19(27)12-4-6-15(21)17(23)10-12)7-8-24-18(26)11-3-5-14(20)16(22)9-11/h3-6,9-10,13H,2,7-8H2,1H3,(H,24,26)(H,25,27)/t13-/m0/s1. The van der Waals surface area contributed by atoms with E-state index >= 15 is 0 Å². The van der Waals surface area contributed by atoms with Crippen LogP contribution in [0.2, 0.25) is 20.1 Å². The predicted octanol–water partition coefficient (Wildman–Crippen LogP) is 5.63. The third-order valence-electron chi connectivity index (χ3n) is 3.97. The summed E-state index contributed by atoms with van der Waals surface area (Å²) in [4.78, 5) is 24.5. The highest BCUT2D eigenvalue weighted by Crippen LogP contribution is 2.23. The second-order valence-electron chi connectivity index (χ2n) is 5.88. The van der Waals surface area contributed by atoms with Gasteiger partial charge in [0.15, 0.2) is 0 Å². The number of carbonyl (C=O) groups excluding carboxylic acids is 2. The van der Waals surface area contributed by atoms with Gasteiger partial charge in [0.2, 0.25) is 0 Å². The minimum atomic E-state index is -0.251. The Bertz CT molecular complexity index is 842. The van der Waals surface area contributed by atoms with Crippen LogP contribution in [0, 0.1) is 0 Å². The van der Waals surface area contributed by atoms with Crippen molar-refractivity contribution in [3.05, 3.63) is 67.6 Å². The van der Waals surface area contributed by atoms with Crippen molar-refractivity contribution in [3.8, 4) is 0 Å². The molecule has 2 amide bonds. The van der Waals surface area contributed by atoms with Crippen LogP contribution in [0.5, 0.6) is 0 Å². The fourth-order valence-electron chi connectivity index (χ4n) is 2.38. The van der Waals surface area contributed by atoms with E-state index in [-0.39, 0.29) is 17.9 Å². The van der Waals surface area contributed by atoms with Crippen LogP contribution in [0.4, 0.5) is 0 Å². The van der Waals surface area contributed by atoms with E-state index in [0.717, 1.165) is 6.42 Å². The number of hydrogen-bond acceptors (Lipinski definition) is 2. The topological polar surface area (TPSA) is 58.2 Å². The molecule has 0 spiro atoms. The molecule has 0 aliphatic heterocycles. The first kappa shape index (κ1) is 21.8. The maximum atomic E-state index is 12.3. The van der Waals surface area contributed by atoms with Crippen molar-refractivity contribution in [1.29, 1.82) is 0 Å². The summed E-state index contributed by atoms with van der Waals surface area (Å²) >= 11 is 23.6. The summed E-state index contributed by atoms with van der Waals surface area (Å²) in [6.45, 7) is 2.36. The lowest BCUT2D eigenvalue weighted by Crippen LogP contribution is -2.37. The van der Waals surface area contributed by atoms with Crippen molar-refractivity contribution < 1.29 is 9.59 Å². The Hall–Kier alpha value is -1.46. The summed E-state index contributed by atoms with van der Waals surface area (Å²) in [5.41, 5.74) is 0.861. The fraction of sp³-hybridized carbons (Fsp3) is 0.263. The molecule has 0 saturated heterocycles. The first-order valence-electron chi connectivity index (χ1n) is 8.31. The molecule has 27 heavy (non-hydrogen) atoms. The van der Waals surface area contributed by atoms with Gasteiger partial charge in [-0.2, -0.15) is 0 Å². The number of benzene rings is 2. The quantitative estimate of drug-likeness (QED) is 0.577. The van der Waals surface area contributed by atoms with Crippen LogP contribution in [-0.2, 0) is 0 Å². The molecule has 0 aliphatic carbocycles. The number of hydrogen-bond donors (Lipinski definition) is 2. The molecule has 0 bridgehead atoms. The molecular formula is C19H18Cl4N2O2. The van der Waals surface area contributed by atoms with Gasteiger partial charge in [-0.25, -0.2) is 0 Å². The van der Waals surface area contributed by atoms with E-state index < -0.39 is 0 Å². The molecule has 0 heterocycles. The zero-order chi connectivity index (χ0) is 20.0. The monoisotopic (exact) mass is 446 g/mol. The van der Waals surface area contributed by atoms with Gasteiger partial charge in [0, 0.05) is 23.7 Å². The molecule has 0 radical (unpaired) electrons. The van der Waals surface area contributed by atoms with Crippen molar-refractivity contribution in [3.63, 3.8) is 0 Å². The molecule has 2 aromatic carbocycles. The average Bonchev–Trinajstić information content (AvgIpc) is 2.65. The predicted molar refractivity (Wildman–Crippen MR) is 111 cm³/mol. The zero-order valence-electron chi connectivity index (χ0n) is 14.5. The van der Waals surface area contributed by atoms with Gasteiger partial charge in [0.25, 0.3) is 11.8 Å². The SMILES string of the molecule is CC[C@@H](CCNC(=O)c1ccc(Cl)c(Cl)c1)NC(=O)c1ccc(Cl)c(Cl)c1. The molecule has 8 heteroatoms. The van der Waals surface area contributed by atoms with E-state index in [1.54, 1.807) is 24.3 Å². The van der Waals surface area contributed by atoms with Crippen LogP contribution >= 0.6 is 46.4 Å². The maximum Gasteiger partial charge on any atom is 0.251 e. The number of halogens is 4. The molecule has 2 aromatic rings. The Morgan fingerprint density at radius 3 is 1.85 bits per heavy atom. The molecule has 1 atom stereocenters. The lowest BCUT2D eigenvalue weighted by atomic mass is 10.1. The van der Waals surface area contributed by atoms with E-state index in [1.807, 2.05) is 6.92 Å². The fourth-order valence-corrected chi connectivity index (χ4v) is 2.98. The molecule has 0 unspecified atom stereocenters. The third kappa shape index (κ3) is 6.28. The molecule has 0 aromatic heterocycles. The molecule has 0 saturated carbocycles. The number of amides is 2. The highest BCUT2D eigenvalue weighted by atomic mass is 35.5. The van der Waals surface area contributed by atoms with E-state index in [9.17, 15) is 9.59 Å². The summed E-state index contributed by atoms with van der Waals surface area (Å²) in [5, 5.41) is 7.17. The molecule has 0 aliphatic rings. The van der Waals surface area contributed by atoms with Crippen LogP contribution in [-0.4, -0.2) is 24.4 Å². The second kappa shape index (κ2) is 10.2. The summed E-state index contributed by atoms with van der Waals surface area (Å²) in [7, 11) is 0. The first-order chi connectivity index (χ1) is 12.8. The lowest BCUT2D eigenvalue weighted by molar-refractivity contribution is 0.0932. The third-order valence-corrected chi connectivity index (χ3v) is 5.45. The normalized spacial score (nSPS) is 11.7. The number of nitrogens with one attached hydrogen (secondary N) is 2. The Labute approximate surface area is 178 Å². The molecule has 144 valence electrons. The van der Waals surface area contributed by atoms with Crippen LogP contribution < -0.4 is 10.6 Å². The van der Waals surface area contributed by atoms with Gasteiger partial charge in [-0.15, -0.1) is 0 Å². The smallest absolute Gasteiger partial charge is 0.251 e. The second-order valence-corrected chi connectivity index (χ2v) is 7.51. The molecular weight excluding hydrogens is 430 g/mol. The highest BCUT2D eigenvalue weighted by Gasteiger charge is 2.14. The van der Waals surface area contributed by atoms with E-state index in [4.69, 9.17) is 46.4 Å². The van der Waals surface area contributed by atoms with Gasteiger partial charge in [0.05, 0.1) is 20.1 Å². The number of carbonyl (C=O) groups is 2. The molecule has 4 nitrogen and oxygen atoms in total. The molecule has 2 rings (SSSR count). The van der Waals surface area contributed by atoms with Crippen LogP contribution in [0.1, 0.15) is 40.5 Å². The molecule has 2 N–H and O–H groups in total. The molecule has 0 fully saturated rings. The van der Waals surface area contributed by atoms with Crippen LogP contribution in [0.15, 0.2) is 36.4 Å². The largest absolute Gasteiger partial charge is 0.352 e. The number of rotatable bonds is 7. The minimum Gasteiger partial charge on any atom is -0.352 e. The maximum absolute atomic E-state index is 12.3. The Morgan fingerprint density at radius 2 is 1.37 bits per heavy atom. The van der Waals surface area contributed by atoms with E-state index in [2.05, 4.69) is 10.6 Å². The van der Waals surface area contributed by atoms with Gasteiger partial charge >= 0.3 is 0 Å². The van der Waals surface area contributed by atoms with Gasteiger partial charge in [-0.1, -0.05) is 53.3 Å². The van der Waals surface area contributed by atoms with Gasteiger partial charge in [-0.3, -0.25) is 9.59 Å². The summed E-state index contributed by atoms with van der Waals surface area (Å²) in [5.74, 6) is -0.490. The van der Waals surface area contributed by atoms with Gasteiger partial charge in [0.1, 0.15) is 0 Å². The van der Waals surface area contributed by atoms with Crippen molar-refractivity contribution in [1.82, 2.24) is 10.6 Å². The zero-order valence-corrected chi connectivity index (χ0v) is 17.5. The first-order valence-corrected chi connectivity index (χ1v) is 9.82. The summed E-state index contributed by atoms with van der Waals surface area (Å²) < 4.78 is 0. The average molecular weight is 448 g/mol. The van der Waals surface area contributed by atoms with Gasteiger partial charge in [-0.05, 0) is 49.2 Å². The van der Waals surface area contributed by atoms with Crippen molar-refractivity contribution in [2.75, 3.05) is 6.54 Å². The van der Waals surface area contributed by atoms with Crippen molar-refractivity contribution in [2.45, 2.75) is 25.8 Å². The van der Waals surface area contributed by atoms with Crippen molar-refractivity contribution >= 4 is 58.2 Å². The van der Waals surface area contributed by atoms with Crippen molar-refractivity contribution in [2.24, 2.45) is 0 Å². The Morgan fingerprint density at radius 1 is 0.852 bits per heavy atom. The van der Waals surface area contributed by atoms with Crippen LogP contribution in [0.25, 0.3) is 0 Å². The van der Waals surface area contributed by atoms with Gasteiger partial charge < -0.3 is 10.6 Å². The summed E-state index contributed by atoms with van der Waals surface area (Å²) in [6.07, 6.45) is 1.30. The Kier molecular flexibility index (Phi) is 8.24. The van der Waals surface area contributed by atoms with E-state index in [0.29, 0.717) is 44.2 Å². The minimum absolute atomic E-state index is 0.0962. The van der Waals surface area contributed by atoms with E-state index in [1.165, 1.54) is 12.1 Å². The highest BCUT2D eigenvalue weighted by molar-refractivity contribution is 6.42. The summed E-state index contributed by atoms with van der Waals surface area (Å²) in [6, 6.07) is 9.32. The Balaban J connectivity index is 1.87. The lowest BCUT2D eigenvalue weighted by Gasteiger charge is -2.17. The van der Waals surface area contributed by atoms with Crippen LogP contribution in [0.3, 0.4) is 0 Å².